The number of carbonyl (C=O) groups excluding carboxylic acids is 1. The van der Waals surface area contributed by atoms with Crippen LogP contribution in [-0.2, 0) is 19.1 Å². The molecule has 0 saturated carbocycles. The van der Waals surface area contributed by atoms with Gasteiger partial charge < -0.3 is 19.0 Å². The number of methoxy groups -OCH3 is 1. The van der Waals surface area contributed by atoms with Crippen molar-refractivity contribution in [3.63, 3.8) is 0 Å². The highest BCUT2D eigenvalue weighted by Crippen LogP contribution is 2.42. The third-order valence-corrected chi connectivity index (χ3v) is 3.89. The SMILES string of the molecule is COCC(CO[N+](=O)[O-])OC(=O)C1=Cc2cc(Cl)cc(Cl)c2O[C@@H]1C(F)(F)F. The van der Waals surface area contributed by atoms with Crippen LogP contribution in [0.5, 0.6) is 5.75 Å². The van der Waals surface area contributed by atoms with Gasteiger partial charge in [0.15, 0.2) is 0 Å². The number of ether oxygens (including phenoxy) is 3. The minimum Gasteiger partial charge on any atom is -0.474 e. The summed E-state index contributed by atoms with van der Waals surface area (Å²) in [4.78, 5) is 26.7. The standard InChI is InChI=1S/C15H12Cl2F3NO7/c1-25-5-9(6-26-21(23)24)27-14(22)10-3-7-2-8(16)4-11(17)12(7)28-13(10)15(18,19)20/h2-4,9,13H,5-6H2,1H3/t9?,13-/m0/s1. The number of alkyl halides is 3. The average Bonchev–Trinajstić information content (AvgIpc) is 2.57. The Bertz CT molecular complexity index is 801. The van der Waals surface area contributed by atoms with Gasteiger partial charge in [0.1, 0.15) is 18.5 Å². The fourth-order valence-corrected chi connectivity index (χ4v) is 2.86. The van der Waals surface area contributed by atoms with Crippen LogP contribution < -0.4 is 4.74 Å². The van der Waals surface area contributed by atoms with Crippen molar-refractivity contribution < 1.29 is 42.1 Å². The molecule has 1 heterocycles. The van der Waals surface area contributed by atoms with E-state index in [1.165, 1.54) is 19.2 Å². The second kappa shape index (κ2) is 8.84. The summed E-state index contributed by atoms with van der Waals surface area (Å²) in [7, 11) is 1.20. The Labute approximate surface area is 165 Å². The number of esters is 1. The summed E-state index contributed by atoms with van der Waals surface area (Å²) < 4.78 is 54.7. The first-order valence-electron chi connectivity index (χ1n) is 7.44. The number of benzene rings is 1. The highest BCUT2D eigenvalue weighted by atomic mass is 35.5. The summed E-state index contributed by atoms with van der Waals surface area (Å²) >= 11 is 11.7. The van der Waals surface area contributed by atoms with Crippen molar-refractivity contribution in [2.24, 2.45) is 0 Å². The van der Waals surface area contributed by atoms with E-state index >= 15 is 0 Å². The van der Waals surface area contributed by atoms with Crippen LogP contribution in [0, 0.1) is 10.1 Å². The Morgan fingerprint density at radius 2 is 2.04 bits per heavy atom. The molecule has 154 valence electrons. The molecular formula is C15H12Cl2F3NO7. The second-order valence-corrected chi connectivity index (χ2v) is 6.29. The number of nitrogens with zero attached hydrogens (tertiary/aromatic N) is 1. The lowest BCUT2D eigenvalue weighted by atomic mass is 10.0. The van der Waals surface area contributed by atoms with Gasteiger partial charge in [-0.1, -0.05) is 23.2 Å². The molecule has 28 heavy (non-hydrogen) atoms. The van der Waals surface area contributed by atoms with E-state index in [2.05, 4.69) is 4.84 Å². The van der Waals surface area contributed by atoms with Gasteiger partial charge in [0.2, 0.25) is 6.10 Å². The summed E-state index contributed by atoms with van der Waals surface area (Å²) in [6.45, 7) is -1.08. The van der Waals surface area contributed by atoms with Crippen LogP contribution in [0.2, 0.25) is 10.0 Å². The van der Waals surface area contributed by atoms with Gasteiger partial charge in [0.05, 0.1) is 17.2 Å². The number of hydrogen-bond donors (Lipinski definition) is 0. The van der Waals surface area contributed by atoms with Crippen LogP contribution in [0.25, 0.3) is 6.08 Å². The molecule has 1 aromatic carbocycles. The molecule has 0 amide bonds. The highest BCUT2D eigenvalue weighted by Gasteiger charge is 2.49. The third kappa shape index (κ3) is 5.40. The van der Waals surface area contributed by atoms with Gasteiger partial charge in [0.25, 0.3) is 5.09 Å². The maximum Gasteiger partial charge on any atom is 0.430 e. The van der Waals surface area contributed by atoms with Gasteiger partial charge in [-0.05, 0) is 18.2 Å². The molecule has 1 unspecified atom stereocenters. The van der Waals surface area contributed by atoms with Crippen LogP contribution in [0.15, 0.2) is 17.7 Å². The van der Waals surface area contributed by atoms with Gasteiger partial charge in [0, 0.05) is 17.7 Å². The smallest absolute Gasteiger partial charge is 0.430 e. The van der Waals surface area contributed by atoms with E-state index < -0.39 is 41.6 Å². The molecule has 0 N–H and O–H groups in total. The van der Waals surface area contributed by atoms with Gasteiger partial charge in [-0.3, -0.25) is 0 Å². The van der Waals surface area contributed by atoms with E-state index in [-0.39, 0.29) is 28.0 Å². The molecule has 1 aliphatic heterocycles. The minimum absolute atomic E-state index is 0.0368. The number of hydrogen-bond acceptors (Lipinski definition) is 7. The van der Waals surface area contributed by atoms with Gasteiger partial charge in [-0.2, -0.15) is 13.2 Å². The largest absolute Gasteiger partial charge is 0.474 e. The third-order valence-electron chi connectivity index (χ3n) is 3.39. The Morgan fingerprint density at radius 1 is 1.36 bits per heavy atom. The van der Waals surface area contributed by atoms with Gasteiger partial charge >= 0.3 is 12.1 Å². The van der Waals surface area contributed by atoms with Gasteiger partial charge in [-0.25, -0.2) is 4.79 Å². The summed E-state index contributed by atoms with van der Waals surface area (Å²) in [5, 5.41) is 9.08. The van der Waals surface area contributed by atoms with E-state index in [9.17, 15) is 28.1 Å². The van der Waals surface area contributed by atoms with E-state index in [0.29, 0.717) is 0 Å². The Morgan fingerprint density at radius 3 is 2.61 bits per heavy atom. The zero-order valence-electron chi connectivity index (χ0n) is 14.0. The maximum atomic E-state index is 13.4. The van der Waals surface area contributed by atoms with Crippen molar-refractivity contribution in [1.29, 1.82) is 0 Å². The predicted octanol–water partition coefficient (Wildman–Crippen LogP) is 3.47. The molecule has 1 aromatic rings. The summed E-state index contributed by atoms with van der Waals surface area (Å²) in [6.07, 6.45) is -8.08. The lowest BCUT2D eigenvalue weighted by Gasteiger charge is -2.29. The van der Waals surface area contributed by atoms with E-state index in [4.69, 9.17) is 37.4 Å². The normalized spacial score (nSPS) is 17.1. The van der Waals surface area contributed by atoms with Crippen molar-refractivity contribution in [3.05, 3.63) is 43.4 Å². The number of fused-ring (bicyclic) bond motifs is 1. The van der Waals surface area contributed by atoms with Crippen molar-refractivity contribution in [3.8, 4) is 5.75 Å². The Hall–Kier alpha value is -2.24. The Kier molecular flexibility index (Phi) is 6.96. The Balaban J connectivity index is 2.35. The van der Waals surface area contributed by atoms with E-state index in [1.54, 1.807) is 0 Å². The van der Waals surface area contributed by atoms with E-state index in [0.717, 1.165) is 6.08 Å². The molecular weight excluding hydrogens is 434 g/mol. The van der Waals surface area contributed by atoms with E-state index in [1.807, 2.05) is 0 Å². The quantitative estimate of drug-likeness (QED) is 0.360. The predicted molar refractivity (Wildman–Crippen MR) is 89.6 cm³/mol. The lowest BCUT2D eigenvalue weighted by molar-refractivity contribution is -0.759. The zero-order valence-corrected chi connectivity index (χ0v) is 15.5. The monoisotopic (exact) mass is 445 g/mol. The molecule has 2 atom stereocenters. The van der Waals surface area contributed by atoms with Crippen LogP contribution >= 0.6 is 23.2 Å². The second-order valence-electron chi connectivity index (χ2n) is 5.45. The molecule has 8 nitrogen and oxygen atoms in total. The van der Waals surface area contributed by atoms with Crippen LogP contribution in [0.4, 0.5) is 13.2 Å². The fourth-order valence-electron chi connectivity index (χ4n) is 2.31. The zero-order chi connectivity index (χ0) is 21.1. The molecule has 0 aromatic heterocycles. The molecule has 13 heteroatoms. The van der Waals surface area contributed by atoms with Crippen molar-refractivity contribution in [2.75, 3.05) is 20.3 Å². The van der Waals surface area contributed by atoms with Crippen LogP contribution in [-0.4, -0.2) is 49.8 Å². The highest BCUT2D eigenvalue weighted by molar-refractivity contribution is 6.36. The molecule has 0 aliphatic carbocycles. The molecule has 0 fully saturated rings. The summed E-state index contributed by atoms with van der Waals surface area (Å²) in [6, 6.07) is 2.45. The molecule has 0 bridgehead atoms. The molecule has 0 saturated heterocycles. The first-order chi connectivity index (χ1) is 13.0. The molecule has 0 radical (unpaired) electrons. The number of carbonyl (C=O) groups is 1. The molecule has 2 rings (SSSR count). The molecule has 1 aliphatic rings. The number of rotatable bonds is 7. The summed E-state index contributed by atoms with van der Waals surface area (Å²) in [5.74, 6) is -1.71. The van der Waals surface area contributed by atoms with Crippen LogP contribution in [0.1, 0.15) is 5.56 Å². The topological polar surface area (TPSA) is 97.1 Å². The number of halogens is 5. The minimum atomic E-state index is -4.97. The van der Waals surface area contributed by atoms with Crippen molar-refractivity contribution >= 4 is 35.2 Å². The average molecular weight is 446 g/mol. The maximum absolute atomic E-state index is 13.4. The van der Waals surface area contributed by atoms with Gasteiger partial charge in [-0.15, -0.1) is 10.1 Å². The fraction of sp³-hybridized carbons (Fsp3) is 0.400. The van der Waals surface area contributed by atoms with Crippen LogP contribution in [0.3, 0.4) is 0 Å². The summed E-state index contributed by atoms with van der Waals surface area (Å²) in [5.41, 5.74) is -0.852. The first kappa shape index (κ1) is 22.1. The molecule has 0 spiro atoms. The van der Waals surface area contributed by atoms with Crippen molar-refractivity contribution in [1.82, 2.24) is 0 Å². The first-order valence-corrected chi connectivity index (χ1v) is 8.19. The van der Waals surface area contributed by atoms with Crippen molar-refractivity contribution in [2.45, 2.75) is 18.4 Å². The lowest BCUT2D eigenvalue weighted by Crippen LogP contribution is -2.42.